The zero-order chi connectivity index (χ0) is 12.2. The van der Waals surface area contributed by atoms with Gasteiger partial charge in [-0.05, 0) is 24.3 Å². The van der Waals surface area contributed by atoms with E-state index in [-0.39, 0.29) is 6.54 Å². The fourth-order valence-electron chi connectivity index (χ4n) is 0.955. The molecule has 0 aromatic heterocycles. The first-order valence-corrected chi connectivity index (χ1v) is 5.50. The summed E-state index contributed by atoms with van der Waals surface area (Å²) in [5.41, 5.74) is 5.97. The highest BCUT2D eigenvalue weighted by molar-refractivity contribution is 9.10. The average Bonchev–Trinajstić information content (AvgIpc) is 2.19. The monoisotopic (exact) mass is 296 g/mol. The van der Waals surface area contributed by atoms with Crippen molar-refractivity contribution in [1.82, 2.24) is 5.43 Å². The van der Waals surface area contributed by atoms with Gasteiger partial charge in [0.15, 0.2) is 0 Å². The second kappa shape index (κ2) is 5.54. The summed E-state index contributed by atoms with van der Waals surface area (Å²) in [5, 5.41) is 0. The van der Waals surface area contributed by atoms with Crippen LogP contribution in [0.3, 0.4) is 0 Å². The average molecular weight is 297 g/mol. The van der Waals surface area contributed by atoms with E-state index in [1.54, 1.807) is 24.3 Å². The Hall–Kier alpha value is -0.750. The second-order valence-corrected chi connectivity index (χ2v) is 4.37. The maximum Gasteiger partial charge on any atom is 0.392 e. The van der Waals surface area contributed by atoms with E-state index >= 15 is 0 Å². The van der Waals surface area contributed by atoms with E-state index in [2.05, 4.69) is 26.8 Å². The molecule has 1 rings (SSSR count). The molecule has 16 heavy (non-hydrogen) atoms. The van der Waals surface area contributed by atoms with Crippen LogP contribution < -0.4 is 10.9 Å². The summed E-state index contributed by atoms with van der Waals surface area (Å²) in [6.07, 6.45) is -4.16. The van der Waals surface area contributed by atoms with Gasteiger partial charge in [-0.15, -0.1) is 0 Å². The molecule has 2 N–H and O–H groups in total. The molecule has 0 aliphatic heterocycles. The zero-order valence-corrected chi connectivity index (χ0v) is 10.2. The number of benzene rings is 1. The van der Waals surface area contributed by atoms with Crippen LogP contribution in [0.25, 0.3) is 0 Å². The number of rotatable bonds is 4. The summed E-state index contributed by atoms with van der Waals surface area (Å²) in [7, 11) is 0. The van der Waals surface area contributed by atoms with Gasteiger partial charge >= 0.3 is 6.18 Å². The van der Waals surface area contributed by atoms with Crippen LogP contribution in [0.1, 0.15) is 6.92 Å². The number of halogens is 4. The van der Waals surface area contributed by atoms with E-state index in [1.807, 2.05) is 0 Å². The predicted octanol–water partition coefficient (Wildman–Crippen LogP) is 3.56. The molecule has 0 heterocycles. The Kier molecular flexibility index (Phi) is 4.61. The first-order chi connectivity index (χ1) is 7.39. The molecule has 0 amide bonds. The van der Waals surface area contributed by atoms with Crippen LogP contribution in [0, 0.1) is 5.92 Å². The molecule has 0 saturated heterocycles. The van der Waals surface area contributed by atoms with Gasteiger partial charge in [-0.25, -0.2) is 5.43 Å². The first kappa shape index (κ1) is 13.3. The van der Waals surface area contributed by atoms with E-state index in [1.165, 1.54) is 0 Å². The van der Waals surface area contributed by atoms with Gasteiger partial charge in [0.2, 0.25) is 0 Å². The third-order valence-corrected chi connectivity index (χ3v) is 2.57. The summed E-state index contributed by atoms with van der Waals surface area (Å²) in [5.74, 6) is -1.38. The molecule has 0 radical (unpaired) electrons. The standard InChI is InChI=1S/C10H12BrF3N2/c1-7(10(12,13)14)6-15-16-9-4-2-8(11)3-5-9/h2-5,7,15-16H,6H2,1H3. The molecule has 1 aromatic carbocycles. The van der Waals surface area contributed by atoms with Crippen molar-refractivity contribution in [3.63, 3.8) is 0 Å². The Bertz CT molecular complexity index is 324. The van der Waals surface area contributed by atoms with Crippen molar-refractivity contribution in [3.8, 4) is 0 Å². The Balaban J connectivity index is 2.33. The minimum atomic E-state index is -4.16. The van der Waals surface area contributed by atoms with Crippen molar-refractivity contribution in [1.29, 1.82) is 0 Å². The minimum absolute atomic E-state index is 0.167. The van der Waals surface area contributed by atoms with Crippen molar-refractivity contribution in [2.45, 2.75) is 13.1 Å². The quantitative estimate of drug-likeness (QED) is 0.830. The highest BCUT2D eigenvalue weighted by Gasteiger charge is 2.35. The first-order valence-electron chi connectivity index (χ1n) is 4.71. The summed E-state index contributed by atoms with van der Waals surface area (Å²) in [6, 6.07) is 7.12. The predicted molar refractivity (Wildman–Crippen MR) is 61.0 cm³/mol. The van der Waals surface area contributed by atoms with Crippen LogP contribution >= 0.6 is 15.9 Å². The zero-order valence-electron chi connectivity index (χ0n) is 8.61. The van der Waals surface area contributed by atoms with Crippen molar-refractivity contribution >= 4 is 21.6 Å². The number of hydrogen-bond acceptors (Lipinski definition) is 2. The number of anilines is 1. The van der Waals surface area contributed by atoms with Gasteiger partial charge < -0.3 is 5.43 Å². The fraction of sp³-hybridized carbons (Fsp3) is 0.400. The fourth-order valence-corrected chi connectivity index (χ4v) is 1.22. The van der Waals surface area contributed by atoms with E-state index in [0.29, 0.717) is 0 Å². The molecule has 1 aromatic rings. The maximum atomic E-state index is 12.2. The molecule has 90 valence electrons. The summed E-state index contributed by atoms with van der Waals surface area (Å²) < 4.78 is 37.4. The Morgan fingerprint density at radius 1 is 1.25 bits per heavy atom. The van der Waals surface area contributed by atoms with Gasteiger partial charge in [0.05, 0.1) is 5.92 Å². The van der Waals surface area contributed by atoms with E-state index in [9.17, 15) is 13.2 Å². The van der Waals surface area contributed by atoms with Crippen molar-refractivity contribution in [2.24, 2.45) is 5.92 Å². The molecular weight excluding hydrogens is 285 g/mol. The maximum absolute atomic E-state index is 12.2. The Morgan fingerprint density at radius 2 is 1.81 bits per heavy atom. The van der Waals surface area contributed by atoms with Crippen molar-refractivity contribution < 1.29 is 13.2 Å². The minimum Gasteiger partial charge on any atom is -0.321 e. The van der Waals surface area contributed by atoms with Gasteiger partial charge in [-0.1, -0.05) is 22.9 Å². The van der Waals surface area contributed by atoms with Crippen LogP contribution in [0.4, 0.5) is 18.9 Å². The molecular formula is C10H12BrF3N2. The van der Waals surface area contributed by atoms with Gasteiger partial charge in [0.1, 0.15) is 0 Å². The van der Waals surface area contributed by atoms with Gasteiger partial charge in [-0.2, -0.15) is 13.2 Å². The van der Waals surface area contributed by atoms with Crippen molar-refractivity contribution in [3.05, 3.63) is 28.7 Å². The molecule has 0 aliphatic carbocycles. The van der Waals surface area contributed by atoms with Crippen molar-refractivity contribution in [2.75, 3.05) is 12.0 Å². The van der Waals surface area contributed by atoms with Gasteiger partial charge in [0.25, 0.3) is 0 Å². The highest BCUT2D eigenvalue weighted by atomic mass is 79.9. The molecule has 1 atom stereocenters. The topological polar surface area (TPSA) is 24.1 Å². The van der Waals surface area contributed by atoms with Gasteiger partial charge in [-0.3, -0.25) is 0 Å². The normalized spacial score (nSPS) is 13.6. The smallest absolute Gasteiger partial charge is 0.321 e. The lowest BCUT2D eigenvalue weighted by Crippen LogP contribution is -2.34. The van der Waals surface area contributed by atoms with Crippen LogP contribution in [-0.4, -0.2) is 12.7 Å². The van der Waals surface area contributed by atoms with Crippen LogP contribution in [0.15, 0.2) is 28.7 Å². The number of hydrogen-bond donors (Lipinski definition) is 2. The molecule has 0 aliphatic rings. The second-order valence-electron chi connectivity index (χ2n) is 3.46. The third-order valence-electron chi connectivity index (χ3n) is 2.04. The number of hydrazine groups is 1. The lowest BCUT2D eigenvalue weighted by atomic mass is 10.2. The number of nitrogens with one attached hydrogen (secondary N) is 2. The summed E-state index contributed by atoms with van der Waals surface area (Å²) >= 11 is 3.27. The molecule has 2 nitrogen and oxygen atoms in total. The van der Waals surface area contributed by atoms with Crippen LogP contribution in [-0.2, 0) is 0 Å². The lowest BCUT2D eigenvalue weighted by Gasteiger charge is -2.16. The molecule has 1 unspecified atom stereocenters. The van der Waals surface area contributed by atoms with Gasteiger partial charge in [0, 0.05) is 16.7 Å². The largest absolute Gasteiger partial charge is 0.392 e. The van der Waals surface area contributed by atoms with E-state index in [0.717, 1.165) is 17.1 Å². The van der Waals surface area contributed by atoms with Crippen LogP contribution in [0.5, 0.6) is 0 Å². The molecule has 0 saturated carbocycles. The molecule has 0 spiro atoms. The Labute approximate surface area is 100 Å². The Morgan fingerprint density at radius 3 is 2.31 bits per heavy atom. The lowest BCUT2D eigenvalue weighted by molar-refractivity contribution is -0.167. The molecule has 0 bridgehead atoms. The van der Waals surface area contributed by atoms with E-state index < -0.39 is 12.1 Å². The molecule has 6 heteroatoms. The highest BCUT2D eigenvalue weighted by Crippen LogP contribution is 2.24. The summed E-state index contributed by atoms with van der Waals surface area (Å²) in [4.78, 5) is 0. The SMILES string of the molecule is CC(CNNc1ccc(Br)cc1)C(F)(F)F. The number of alkyl halides is 3. The third kappa shape index (κ3) is 4.40. The van der Waals surface area contributed by atoms with E-state index in [4.69, 9.17) is 0 Å². The summed E-state index contributed by atoms with van der Waals surface area (Å²) in [6.45, 7) is 0.968. The molecule has 0 fully saturated rings. The van der Waals surface area contributed by atoms with Crippen LogP contribution in [0.2, 0.25) is 0 Å².